The molecule has 2 aliphatic heterocycles. The number of aromatic nitrogens is 3. The molecule has 77 heavy (non-hydrogen) atoms. The van der Waals surface area contributed by atoms with Crippen LogP contribution in [0.3, 0.4) is 0 Å². The van der Waals surface area contributed by atoms with Crippen LogP contribution in [-0.4, -0.2) is 21.1 Å². The third-order valence-corrected chi connectivity index (χ3v) is 16.3. The van der Waals surface area contributed by atoms with Gasteiger partial charge in [0.25, 0.3) is 0 Å². The summed E-state index contributed by atoms with van der Waals surface area (Å²) in [6.07, 6.45) is 0. The Hall–Kier alpha value is -8.25. The molecule has 0 N–H and O–H groups in total. The Morgan fingerprint density at radius 2 is 1.05 bits per heavy atom. The second-order valence-electron chi connectivity index (χ2n) is 22.1. The molecule has 2 aliphatic rings. The van der Waals surface area contributed by atoms with Crippen LogP contribution in [0.25, 0.3) is 66.9 Å². The molecule has 13 rings (SSSR count). The Bertz CT molecular complexity index is 4290. The van der Waals surface area contributed by atoms with Crippen molar-refractivity contribution in [3.63, 3.8) is 0 Å². The molecule has 0 radical (unpaired) electrons. The van der Waals surface area contributed by atoms with E-state index in [0.29, 0.717) is 22.7 Å². The summed E-state index contributed by atoms with van der Waals surface area (Å²) in [6, 6.07) is 78.1. The van der Waals surface area contributed by atoms with Crippen molar-refractivity contribution in [1.82, 2.24) is 14.1 Å². The fraction of sp³-hybridized carbons (Fsp3) is 0.130. The quantitative estimate of drug-likeness (QED) is 0.142. The molecule has 0 bridgehead atoms. The van der Waals surface area contributed by atoms with Gasteiger partial charge in [-0.05, 0) is 17.7 Å². The summed E-state index contributed by atoms with van der Waals surface area (Å²) in [7, 11) is 0. The molecule has 6 nitrogen and oxygen atoms in total. The number of imidazole rings is 1. The van der Waals surface area contributed by atoms with Crippen molar-refractivity contribution in [2.75, 3.05) is 9.62 Å². The van der Waals surface area contributed by atoms with E-state index in [-0.39, 0.29) is 29.3 Å². The van der Waals surface area contributed by atoms with E-state index in [9.17, 15) is 0 Å². The second-order valence-corrected chi connectivity index (χ2v) is 23.2. The first-order chi connectivity index (χ1) is 38.5. The molecule has 0 amide bonds. The molecule has 2 aromatic heterocycles. The molecule has 0 atom stereocenters. The van der Waals surface area contributed by atoms with Crippen molar-refractivity contribution in [2.45, 2.75) is 59.2 Å². The molecule has 0 spiro atoms. The normalized spacial score (nSPS) is 13.6. The summed E-state index contributed by atoms with van der Waals surface area (Å²) >= 11 is 2.50. The second kappa shape index (κ2) is 18.8. The number of para-hydroxylation sites is 5. The maximum absolute atomic E-state index is 8.66. The van der Waals surface area contributed by atoms with Crippen LogP contribution in [0.5, 0.6) is 11.6 Å². The average Bonchev–Trinajstić information content (AvgIpc) is 3.87. The molecular formula is C69H58BN5OPt. The number of rotatable bonds is 8. The first-order valence-electron chi connectivity index (χ1n) is 27.8. The van der Waals surface area contributed by atoms with Crippen molar-refractivity contribution < 1.29 is 28.2 Å². The summed E-state index contributed by atoms with van der Waals surface area (Å²) in [5.74, 6) is 1.48. The van der Waals surface area contributed by atoms with Gasteiger partial charge in [0.1, 0.15) is 0 Å². The molecular weight excluding hydrogens is 1120 g/mol. The number of hydrogen-bond donors (Lipinski definition) is 0. The monoisotopic (exact) mass is 1180 g/mol. The zero-order chi connectivity index (χ0) is 55.2. The van der Waals surface area contributed by atoms with E-state index in [1.165, 1.54) is 16.7 Å². The average molecular weight is 1180 g/mol. The van der Waals surface area contributed by atoms with Gasteiger partial charge in [0.15, 0.2) is 0 Å². The summed E-state index contributed by atoms with van der Waals surface area (Å²) in [6.45, 7) is 11.0. The van der Waals surface area contributed by atoms with E-state index in [4.69, 9.17) is 13.8 Å². The molecule has 4 heterocycles. The molecule has 0 fully saturated rings. The van der Waals surface area contributed by atoms with Gasteiger partial charge in [0.05, 0.1) is 0 Å². The van der Waals surface area contributed by atoms with E-state index in [2.05, 4.69) is 256 Å². The Labute approximate surface area is 467 Å². The van der Waals surface area contributed by atoms with Crippen molar-refractivity contribution in [3.05, 3.63) is 245 Å². The number of hydrogen-bond acceptors (Lipinski definition) is 4. The number of benzene rings is 9. The molecule has 378 valence electrons. The fourth-order valence-electron chi connectivity index (χ4n) is 11.4. The fourth-order valence-corrected chi connectivity index (χ4v) is 12.5. The summed E-state index contributed by atoms with van der Waals surface area (Å²) in [5.41, 5.74) is 18.9. The number of aryl methyl sites for hydroxylation is 1. The van der Waals surface area contributed by atoms with Gasteiger partial charge in [-0.1, -0.05) is 54.6 Å². The van der Waals surface area contributed by atoms with E-state index < -0.39 is 6.85 Å². The van der Waals surface area contributed by atoms with Gasteiger partial charge in [0.2, 0.25) is 0 Å². The zero-order valence-electron chi connectivity index (χ0n) is 46.9. The van der Waals surface area contributed by atoms with Crippen LogP contribution < -0.4 is 19.8 Å². The number of pyridine rings is 1. The minimum absolute atomic E-state index is 0.000126. The van der Waals surface area contributed by atoms with Crippen molar-refractivity contribution in [3.8, 4) is 67.5 Å². The summed E-state index contributed by atoms with van der Waals surface area (Å²) < 4.78 is 38.8. The van der Waals surface area contributed by atoms with E-state index in [1.807, 2.05) is 36.4 Å². The van der Waals surface area contributed by atoms with E-state index in [1.54, 1.807) is 12.1 Å². The van der Waals surface area contributed by atoms with Gasteiger partial charge in [-0.3, -0.25) is 0 Å². The molecule has 8 heteroatoms. The van der Waals surface area contributed by atoms with Gasteiger partial charge in [-0.15, -0.1) is 0 Å². The Morgan fingerprint density at radius 3 is 1.75 bits per heavy atom. The van der Waals surface area contributed by atoms with Crippen LogP contribution in [0.2, 0.25) is 0 Å². The van der Waals surface area contributed by atoms with Crippen LogP contribution in [-0.2, 0) is 30.2 Å². The molecule has 0 aliphatic carbocycles. The number of nitrogens with zero attached hydrogens (tertiary/aromatic N) is 5. The van der Waals surface area contributed by atoms with Crippen LogP contribution in [0.4, 0.5) is 22.9 Å². The number of ether oxygens (including phenoxy) is 1. The Morgan fingerprint density at radius 1 is 0.468 bits per heavy atom. The van der Waals surface area contributed by atoms with E-state index >= 15 is 0 Å². The minimum atomic E-state index is -2.40. The first kappa shape index (κ1) is 45.0. The van der Waals surface area contributed by atoms with E-state index in [0.717, 1.165) is 76.6 Å². The predicted octanol–water partition coefficient (Wildman–Crippen LogP) is 17.3. The van der Waals surface area contributed by atoms with Gasteiger partial charge >= 0.3 is 386 Å². The van der Waals surface area contributed by atoms with Crippen LogP contribution >= 0.6 is 0 Å². The molecule has 11 aromatic rings. The van der Waals surface area contributed by atoms with Crippen LogP contribution in [0.1, 0.15) is 62.3 Å². The van der Waals surface area contributed by atoms with Gasteiger partial charge in [-0.25, -0.2) is 0 Å². The molecule has 0 saturated heterocycles. The summed E-state index contributed by atoms with van der Waals surface area (Å²) in [5, 5.41) is 0. The van der Waals surface area contributed by atoms with Crippen LogP contribution in [0, 0.1) is 10.7 Å². The van der Waals surface area contributed by atoms with Crippen molar-refractivity contribution in [1.29, 1.82) is 0 Å². The SMILES string of the molecule is [2H]C([2H])([2H])c1ccccc1-c1ccc(N2B3c4ccccc4-c4ccccc4N3c3ccccc32)nc1Oc1cccc(-n2[c](=[Pt])n(-c3c(-c4ccccc4)cc(C(C)(C)C)cc3-c3ccc(C(C)(C)C)cc3)c3ccccc32)c1. The third kappa shape index (κ3) is 8.31. The zero-order valence-corrected chi connectivity index (χ0v) is 46.2. The first-order valence-corrected chi connectivity index (χ1v) is 27.4. The number of fused-ring (bicyclic) bond motifs is 9. The molecule has 0 saturated carbocycles. The standard InChI is InChI=1S/C69H58BN5O.Pt/c1-46-22-11-12-27-53(46)56-40-41-65(75-64-35-20-19-34-63(64)74-60-31-16-14-29-55(60)54-28-13-15-30-59(54)70(74)75)71-67(56)76-52-26-21-25-51(44-52)72-45-73(62-33-18-17-32-61(62)72)66-57(47-23-9-8-10-24-47)42-50(69(5,6)7)43-58(66)48-36-38-49(39-37-48)68(2,3)4;/h8-44H,1-7H3;/i1D3;. The Balaban J connectivity index is 0.989. The van der Waals surface area contributed by atoms with Gasteiger partial charge < -0.3 is 0 Å². The number of anilines is 4. The van der Waals surface area contributed by atoms with Gasteiger partial charge in [-0.2, -0.15) is 0 Å². The topological polar surface area (TPSA) is 38.5 Å². The molecule has 9 aromatic carbocycles. The van der Waals surface area contributed by atoms with Crippen molar-refractivity contribution >= 4 is 46.4 Å². The van der Waals surface area contributed by atoms with Gasteiger partial charge in [0, 0.05) is 11.3 Å². The maximum atomic E-state index is 8.66. The predicted molar refractivity (Wildman–Crippen MR) is 317 cm³/mol. The Kier molecular flexibility index (Phi) is 11.0. The van der Waals surface area contributed by atoms with Crippen molar-refractivity contribution in [2.24, 2.45) is 0 Å². The van der Waals surface area contributed by atoms with Crippen LogP contribution in [0.15, 0.2) is 224 Å². The third-order valence-electron chi connectivity index (χ3n) is 15.2. The summed E-state index contributed by atoms with van der Waals surface area (Å²) in [4.78, 5) is 10.2. The molecule has 0 unspecified atom stereocenters.